The molecular weight excluding hydrogens is 432 g/mol. The molecule has 0 saturated carbocycles. The van der Waals surface area contributed by atoms with Crippen molar-refractivity contribution in [3.8, 4) is 5.75 Å². The number of nitrogens with two attached hydrogens (primary N) is 1. The summed E-state index contributed by atoms with van der Waals surface area (Å²) in [6.45, 7) is 0.687. The van der Waals surface area contributed by atoms with Gasteiger partial charge in [-0.3, -0.25) is 0 Å². The molecule has 1 unspecified atom stereocenters. The standard InChI is InChI=1S/C23H23ClN4O2S/c1-30-19-11-4-2-7-16(19)14-26-22(29)27-23-28(18-10-3-5-12-20(18)31-23)21-15(13-25)8-6-9-17(21)24/h2-12,23H,13-14,25H2,1H3,(H2,26,27,29). The van der Waals surface area contributed by atoms with Crippen molar-refractivity contribution in [1.29, 1.82) is 0 Å². The molecule has 0 radical (unpaired) electrons. The van der Waals surface area contributed by atoms with E-state index in [1.165, 1.54) is 0 Å². The van der Waals surface area contributed by atoms with Crippen molar-refractivity contribution in [3.05, 3.63) is 82.9 Å². The van der Waals surface area contributed by atoms with Crippen LogP contribution in [-0.4, -0.2) is 18.6 Å². The van der Waals surface area contributed by atoms with E-state index in [0.29, 0.717) is 18.1 Å². The van der Waals surface area contributed by atoms with Crippen LogP contribution in [0.4, 0.5) is 16.2 Å². The van der Waals surface area contributed by atoms with Gasteiger partial charge in [-0.15, -0.1) is 0 Å². The minimum Gasteiger partial charge on any atom is -0.496 e. The van der Waals surface area contributed by atoms with Crippen LogP contribution in [0, 0.1) is 0 Å². The lowest BCUT2D eigenvalue weighted by atomic mass is 10.1. The third kappa shape index (κ3) is 4.44. The molecule has 0 aliphatic carbocycles. The number of urea groups is 1. The largest absolute Gasteiger partial charge is 0.496 e. The Balaban J connectivity index is 1.57. The van der Waals surface area contributed by atoms with Gasteiger partial charge >= 0.3 is 6.03 Å². The van der Waals surface area contributed by atoms with Gasteiger partial charge in [0.05, 0.1) is 23.5 Å². The lowest BCUT2D eigenvalue weighted by Gasteiger charge is -2.30. The maximum atomic E-state index is 12.8. The van der Waals surface area contributed by atoms with Gasteiger partial charge in [-0.05, 0) is 29.8 Å². The van der Waals surface area contributed by atoms with Crippen LogP contribution >= 0.6 is 23.4 Å². The number of carbonyl (C=O) groups excluding carboxylic acids is 1. The number of amides is 2. The Morgan fingerprint density at radius 2 is 1.84 bits per heavy atom. The van der Waals surface area contributed by atoms with Crippen molar-refractivity contribution < 1.29 is 9.53 Å². The van der Waals surface area contributed by atoms with Crippen LogP contribution in [0.15, 0.2) is 71.6 Å². The van der Waals surface area contributed by atoms with Gasteiger partial charge in [0.1, 0.15) is 5.75 Å². The molecule has 4 N–H and O–H groups in total. The summed E-state index contributed by atoms with van der Waals surface area (Å²) in [5.74, 6) is 0.732. The van der Waals surface area contributed by atoms with Crippen LogP contribution in [0.25, 0.3) is 0 Å². The van der Waals surface area contributed by atoms with Gasteiger partial charge in [0, 0.05) is 23.5 Å². The molecular formula is C23H23ClN4O2S. The molecule has 4 rings (SSSR count). The molecule has 1 atom stereocenters. The highest BCUT2D eigenvalue weighted by atomic mass is 35.5. The fraction of sp³-hybridized carbons (Fsp3) is 0.174. The normalized spacial score (nSPS) is 14.8. The van der Waals surface area contributed by atoms with Crippen LogP contribution < -0.4 is 26.0 Å². The number of hydrogen-bond acceptors (Lipinski definition) is 5. The van der Waals surface area contributed by atoms with Crippen LogP contribution in [0.1, 0.15) is 11.1 Å². The molecule has 1 heterocycles. The monoisotopic (exact) mass is 454 g/mol. The molecule has 0 bridgehead atoms. The van der Waals surface area contributed by atoms with E-state index < -0.39 is 0 Å². The zero-order valence-electron chi connectivity index (χ0n) is 17.0. The summed E-state index contributed by atoms with van der Waals surface area (Å²) in [4.78, 5) is 15.9. The summed E-state index contributed by atoms with van der Waals surface area (Å²) in [7, 11) is 1.61. The number of fused-ring (bicyclic) bond motifs is 1. The van der Waals surface area contributed by atoms with Crippen LogP contribution in [0.2, 0.25) is 5.02 Å². The number of hydrogen-bond donors (Lipinski definition) is 3. The van der Waals surface area contributed by atoms with Gasteiger partial charge < -0.3 is 26.0 Å². The van der Waals surface area contributed by atoms with E-state index in [9.17, 15) is 4.79 Å². The Hall–Kier alpha value is -2.87. The Morgan fingerprint density at radius 3 is 2.65 bits per heavy atom. The van der Waals surface area contributed by atoms with Crippen molar-refractivity contribution in [2.24, 2.45) is 5.73 Å². The molecule has 2 amide bonds. The van der Waals surface area contributed by atoms with Crippen LogP contribution in [0.5, 0.6) is 5.75 Å². The van der Waals surface area contributed by atoms with E-state index in [0.717, 1.165) is 33.1 Å². The Labute approximate surface area is 190 Å². The third-order valence-electron chi connectivity index (χ3n) is 5.02. The van der Waals surface area contributed by atoms with Gasteiger partial charge in [0.2, 0.25) is 0 Å². The highest BCUT2D eigenvalue weighted by molar-refractivity contribution is 8.00. The lowest BCUT2D eigenvalue weighted by Crippen LogP contribution is -2.46. The molecule has 1 aliphatic rings. The van der Waals surface area contributed by atoms with Crippen molar-refractivity contribution in [3.63, 3.8) is 0 Å². The highest BCUT2D eigenvalue weighted by Gasteiger charge is 2.34. The van der Waals surface area contributed by atoms with Crippen molar-refractivity contribution in [2.45, 2.75) is 23.5 Å². The van der Waals surface area contributed by atoms with Gasteiger partial charge in [0.15, 0.2) is 5.50 Å². The number of methoxy groups -OCH3 is 1. The number of nitrogens with one attached hydrogen (secondary N) is 2. The maximum Gasteiger partial charge on any atom is 0.317 e. The molecule has 160 valence electrons. The zero-order chi connectivity index (χ0) is 21.8. The predicted molar refractivity (Wildman–Crippen MR) is 126 cm³/mol. The number of rotatable bonds is 6. The van der Waals surface area contributed by atoms with E-state index in [4.69, 9.17) is 22.1 Å². The number of para-hydroxylation sites is 3. The zero-order valence-corrected chi connectivity index (χ0v) is 18.5. The second-order valence-electron chi connectivity index (χ2n) is 6.90. The van der Waals surface area contributed by atoms with Crippen molar-refractivity contribution >= 4 is 40.8 Å². The second-order valence-corrected chi connectivity index (χ2v) is 8.43. The highest BCUT2D eigenvalue weighted by Crippen LogP contribution is 2.49. The molecule has 3 aromatic rings. The maximum absolute atomic E-state index is 12.8. The topological polar surface area (TPSA) is 79.6 Å². The third-order valence-corrected chi connectivity index (χ3v) is 6.47. The van der Waals surface area contributed by atoms with Gasteiger partial charge in [-0.25, -0.2) is 4.79 Å². The molecule has 0 spiro atoms. The number of thioether (sulfide) groups is 1. The first-order valence-electron chi connectivity index (χ1n) is 9.81. The first kappa shape index (κ1) is 21.4. The minimum atomic E-state index is -0.375. The molecule has 0 saturated heterocycles. The minimum absolute atomic E-state index is 0.289. The number of ether oxygens (including phenoxy) is 1. The number of anilines is 2. The molecule has 31 heavy (non-hydrogen) atoms. The SMILES string of the molecule is COc1ccccc1CNC(=O)NC1Sc2ccccc2N1c1c(Cl)cccc1CN. The average molecular weight is 455 g/mol. The summed E-state index contributed by atoms with van der Waals surface area (Å²) >= 11 is 8.14. The van der Waals surface area contributed by atoms with E-state index in [-0.39, 0.29) is 11.5 Å². The lowest BCUT2D eigenvalue weighted by molar-refractivity contribution is 0.240. The number of benzene rings is 3. The van der Waals surface area contributed by atoms with Gasteiger partial charge in [-0.2, -0.15) is 0 Å². The molecule has 0 aromatic heterocycles. The smallest absolute Gasteiger partial charge is 0.317 e. The molecule has 6 nitrogen and oxygen atoms in total. The average Bonchev–Trinajstić information content (AvgIpc) is 3.15. The predicted octanol–water partition coefficient (Wildman–Crippen LogP) is 4.83. The van der Waals surface area contributed by atoms with E-state index in [2.05, 4.69) is 10.6 Å². The van der Waals surface area contributed by atoms with Gasteiger partial charge in [-0.1, -0.05) is 65.8 Å². The molecule has 0 fully saturated rings. The van der Waals surface area contributed by atoms with E-state index >= 15 is 0 Å². The van der Waals surface area contributed by atoms with Crippen molar-refractivity contribution in [1.82, 2.24) is 10.6 Å². The summed E-state index contributed by atoms with van der Waals surface area (Å²) < 4.78 is 5.36. The van der Waals surface area contributed by atoms with Crippen LogP contribution in [0.3, 0.4) is 0 Å². The van der Waals surface area contributed by atoms with E-state index in [1.54, 1.807) is 18.9 Å². The molecule has 1 aliphatic heterocycles. The first-order valence-corrected chi connectivity index (χ1v) is 11.1. The molecule has 8 heteroatoms. The quantitative estimate of drug-likeness (QED) is 0.497. The first-order chi connectivity index (χ1) is 15.1. The van der Waals surface area contributed by atoms with Gasteiger partial charge in [0.25, 0.3) is 0 Å². The number of carbonyl (C=O) groups is 1. The summed E-state index contributed by atoms with van der Waals surface area (Å²) in [5, 5.41) is 6.56. The second kappa shape index (κ2) is 9.51. The van der Waals surface area contributed by atoms with Crippen molar-refractivity contribution in [2.75, 3.05) is 12.0 Å². The fourth-order valence-electron chi connectivity index (χ4n) is 3.57. The van der Waals surface area contributed by atoms with E-state index in [1.807, 2.05) is 71.6 Å². The number of halogens is 1. The summed E-state index contributed by atoms with van der Waals surface area (Å²) in [6.07, 6.45) is 0. The Bertz CT molecular complexity index is 1090. The summed E-state index contributed by atoms with van der Waals surface area (Å²) in [6, 6.07) is 21.0. The fourth-order valence-corrected chi connectivity index (χ4v) is 5.03. The Morgan fingerprint density at radius 1 is 1.10 bits per heavy atom. The molecule has 3 aromatic carbocycles. The Kier molecular flexibility index (Phi) is 6.56. The van der Waals surface area contributed by atoms with Crippen LogP contribution in [-0.2, 0) is 13.1 Å². The summed E-state index contributed by atoms with van der Waals surface area (Å²) in [5.41, 5.74) is 9.20. The number of nitrogens with zero attached hydrogens (tertiary/aromatic N) is 1.